The molecule has 5 aliphatic rings. The second-order valence-corrected chi connectivity index (χ2v) is 10.2. The van der Waals surface area contributed by atoms with Gasteiger partial charge in [-0.1, -0.05) is 13.0 Å². The zero-order valence-electron chi connectivity index (χ0n) is 17.9. The summed E-state index contributed by atoms with van der Waals surface area (Å²) >= 11 is 0. The molecule has 0 radical (unpaired) electrons. The quantitative estimate of drug-likeness (QED) is 0.722. The van der Waals surface area contributed by atoms with Gasteiger partial charge in [-0.25, -0.2) is 0 Å². The number of hydrogen-bond acceptors (Lipinski definition) is 5. The highest BCUT2D eigenvalue weighted by molar-refractivity contribution is 6.04. The molecule has 2 N–H and O–H groups in total. The topological polar surface area (TPSA) is 65.5 Å². The van der Waals surface area contributed by atoms with Crippen LogP contribution < -0.4 is 5.32 Å². The highest BCUT2D eigenvalue weighted by Crippen LogP contribution is 2.56. The summed E-state index contributed by atoms with van der Waals surface area (Å²) in [5.74, 6) is 1.84. The molecule has 1 heterocycles. The predicted octanol–water partition coefficient (Wildman–Crippen LogP) is 3.53. The first kappa shape index (κ1) is 19.3. The number of likely N-dealkylation sites (N-methyl/N-ethyl adjacent to an activating group) is 1. The number of aliphatic hydroxyl groups is 1. The summed E-state index contributed by atoms with van der Waals surface area (Å²) < 4.78 is 0. The number of Topliss-reactive ketones (excluding diaryl/α,β-unsaturated/α-hetero) is 1. The van der Waals surface area contributed by atoms with Crippen molar-refractivity contribution < 1.29 is 9.90 Å². The Morgan fingerprint density at radius 1 is 1.28 bits per heavy atom. The van der Waals surface area contributed by atoms with Crippen molar-refractivity contribution >= 4 is 17.0 Å². The van der Waals surface area contributed by atoms with Gasteiger partial charge in [-0.15, -0.1) is 0 Å². The number of ketones is 1. The summed E-state index contributed by atoms with van der Waals surface area (Å²) in [5.41, 5.74) is 4.83. The first-order valence-corrected chi connectivity index (χ1v) is 11.2. The number of rotatable bonds is 6. The van der Waals surface area contributed by atoms with Crippen LogP contribution in [-0.4, -0.2) is 53.1 Å². The Kier molecular flexibility index (Phi) is 4.59. The minimum atomic E-state index is -0.438. The van der Waals surface area contributed by atoms with Crippen LogP contribution in [0.1, 0.15) is 67.1 Å². The molecule has 0 spiro atoms. The molecular weight excluding hydrogens is 362 g/mol. The Labute approximate surface area is 173 Å². The molecule has 5 aliphatic carbocycles. The number of aromatic nitrogens is 1. The van der Waals surface area contributed by atoms with Crippen molar-refractivity contribution in [2.75, 3.05) is 26.0 Å². The molecular formula is C24H33N3O2. The number of carbonyl (C=O) groups excluding carboxylic acids is 1. The van der Waals surface area contributed by atoms with Gasteiger partial charge in [0.15, 0.2) is 5.78 Å². The molecule has 0 aromatic carbocycles. The Bertz CT molecular complexity index is 859. The zero-order chi connectivity index (χ0) is 20.3. The number of fused-ring (bicyclic) bond motifs is 1. The molecule has 1 aromatic heterocycles. The lowest BCUT2D eigenvalue weighted by Crippen LogP contribution is -2.59. The Morgan fingerprint density at radius 3 is 2.62 bits per heavy atom. The molecule has 3 unspecified atom stereocenters. The average Bonchev–Trinajstić information content (AvgIpc) is 3.05. The van der Waals surface area contributed by atoms with Gasteiger partial charge in [-0.05, 0) is 69.5 Å². The highest BCUT2D eigenvalue weighted by Gasteiger charge is 2.55. The number of nitrogens with zero attached hydrogens (tertiary/aromatic N) is 2. The van der Waals surface area contributed by atoms with Crippen LogP contribution in [0.2, 0.25) is 0 Å². The Balaban J connectivity index is 1.53. The summed E-state index contributed by atoms with van der Waals surface area (Å²) in [6.07, 6.45) is 10.6. The number of anilines is 1. The van der Waals surface area contributed by atoms with Crippen LogP contribution in [0.5, 0.6) is 0 Å². The molecule has 29 heavy (non-hydrogen) atoms. The van der Waals surface area contributed by atoms with Gasteiger partial charge in [-0.2, -0.15) is 0 Å². The second-order valence-electron chi connectivity index (χ2n) is 10.2. The third-order valence-corrected chi connectivity index (χ3v) is 7.68. The van der Waals surface area contributed by atoms with Crippen molar-refractivity contribution in [3.63, 3.8) is 0 Å². The molecule has 0 amide bonds. The first-order chi connectivity index (χ1) is 13.9. The van der Waals surface area contributed by atoms with E-state index in [1.165, 1.54) is 18.4 Å². The van der Waals surface area contributed by atoms with E-state index in [-0.39, 0.29) is 5.78 Å². The van der Waals surface area contributed by atoms with Crippen LogP contribution in [0, 0.1) is 17.8 Å². The van der Waals surface area contributed by atoms with Crippen LogP contribution in [0.15, 0.2) is 12.3 Å². The summed E-state index contributed by atoms with van der Waals surface area (Å²) in [4.78, 5) is 19.7. The van der Waals surface area contributed by atoms with Crippen LogP contribution in [0.4, 0.5) is 5.69 Å². The smallest absolute Gasteiger partial charge is 0.166 e. The lowest BCUT2D eigenvalue weighted by molar-refractivity contribution is -0.129. The molecule has 4 fully saturated rings. The fourth-order valence-corrected chi connectivity index (χ4v) is 6.79. The largest absolute Gasteiger partial charge is 0.390 e. The van der Waals surface area contributed by atoms with Gasteiger partial charge in [0.1, 0.15) is 0 Å². The van der Waals surface area contributed by atoms with Crippen molar-refractivity contribution in [2.45, 2.75) is 63.5 Å². The van der Waals surface area contributed by atoms with E-state index in [2.05, 4.69) is 35.4 Å². The monoisotopic (exact) mass is 395 g/mol. The van der Waals surface area contributed by atoms with Gasteiger partial charge in [0.2, 0.25) is 0 Å². The fraction of sp³-hybridized carbons (Fsp3) is 0.667. The lowest BCUT2D eigenvalue weighted by Gasteiger charge is -2.58. The molecule has 5 heteroatoms. The highest BCUT2D eigenvalue weighted by atomic mass is 16.3. The molecule has 156 valence electrons. The Morgan fingerprint density at radius 2 is 2.00 bits per heavy atom. The minimum Gasteiger partial charge on any atom is -0.390 e. The van der Waals surface area contributed by atoms with E-state index in [9.17, 15) is 9.90 Å². The molecule has 6 rings (SSSR count). The van der Waals surface area contributed by atoms with E-state index < -0.39 is 5.60 Å². The predicted molar refractivity (Wildman–Crippen MR) is 115 cm³/mol. The SMILES string of the molecule is CCC(=O)c1cnc2c(c1NC1[C@@H]3CC4C[C@H]1CC(O)(C4)C3)C(CN(C)C)=CC2. The standard InChI is InChI=1S/C24H33N3O2/c1-4-20(28)18-12-25-19-6-5-15(13-27(2)3)21(19)23(18)26-22-16-7-14-8-17(22)11-24(29,9-14)10-16/h5,12,14,16-17,22,29H,4,6-11,13H2,1-3H3,(H,25,26)/t14?,16-,17+,22?,24?. The number of hydrogen-bond donors (Lipinski definition) is 2. The zero-order valence-corrected chi connectivity index (χ0v) is 17.9. The van der Waals surface area contributed by atoms with Crippen LogP contribution in [0.25, 0.3) is 5.57 Å². The molecule has 1 aromatic rings. The van der Waals surface area contributed by atoms with E-state index in [1.807, 2.05) is 6.92 Å². The van der Waals surface area contributed by atoms with E-state index in [0.29, 0.717) is 30.2 Å². The molecule has 4 bridgehead atoms. The lowest BCUT2D eigenvalue weighted by atomic mass is 9.52. The second kappa shape index (κ2) is 6.92. The summed E-state index contributed by atoms with van der Waals surface area (Å²) in [5, 5.41) is 14.9. The van der Waals surface area contributed by atoms with Gasteiger partial charge in [0.25, 0.3) is 0 Å². The van der Waals surface area contributed by atoms with Crippen molar-refractivity contribution in [3.8, 4) is 0 Å². The van der Waals surface area contributed by atoms with Gasteiger partial charge in [0, 0.05) is 37.2 Å². The number of pyridine rings is 1. The maximum absolute atomic E-state index is 12.8. The van der Waals surface area contributed by atoms with E-state index >= 15 is 0 Å². The van der Waals surface area contributed by atoms with E-state index in [1.54, 1.807) is 6.20 Å². The molecule has 5 nitrogen and oxygen atoms in total. The van der Waals surface area contributed by atoms with E-state index in [0.717, 1.165) is 54.7 Å². The molecule has 0 aliphatic heterocycles. The summed E-state index contributed by atoms with van der Waals surface area (Å²) in [6.45, 7) is 2.78. The normalized spacial score (nSPS) is 34.4. The van der Waals surface area contributed by atoms with Gasteiger partial charge in [-0.3, -0.25) is 9.78 Å². The first-order valence-electron chi connectivity index (χ1n) is 11.2. The minimum absolute atomic E-state index is 0.154. The van der Waals surface area contributed by atoms with Crippen molar-refractivity contribution in [1.29, 1.82) is 0 Å². The molecule has 4 saturated carbocycles. The number of carbonyl (C=O) groups is 1. The van der Waals surface area contributed by atoms with Gasteiger partial charge >= 0.3 is 0 Å². The molecule has 0 saturated heterocycles. The van der Waals surface area contributed by atoms with Crippen molar-refractivity contribution in [2.24, 2.45) is 17.8 Å². The third-order valence-electron chi connectivity index (χ3n) is 7.68. The van der Waals surface area contributed by atoms with Crippen molar-refractivity contribution in [1.82, 2.24) is 9.88 Å². The van der Waals surface area contributed by atoms with Gasteiger partial charge in [0.05, 0.1) is 22.5 Å². The molecule has 5 atom stereocenters. The fourth-order valence-electron chi connectivity index (χ4n) is 6.79. The summed E-state index contributed by atoms with van der Waals surface area (Å²) in [7, 11) is 4.16. The maximum Gasteiger partial charge on any atom is 0.166 e. The third kappa shape index (κ3) is 3.23. The maximum atomic E-state index is 12.8. The number of nitrogens with one attached hydrogen (secondary N) is 1. The van der Waals surface area contributed by atoms with E-state index in [4.69, 9.17) is 0 Å². The summed E-state index contributed by atoms with van der Waals surface area (Å²) in [6, 6.07) is 0.350. The van der Waals surface area contributed by atoms with Crippen LogP contribution >= 0.6 is 0 Å². The number of allylic oxidation sites excluding steroid dienone is 1. The van der Waals surface area contributed by atoms with Crippen LogP contribution in [-0.2, 0) is 6.42 Å². The van der Waals surface area contributed by atoms with Crippen molar-refractivity contribution in [3.05, 3.63) is 29.1 Å². The Hall–Kier alpha value is -1.72. The van der Waals surface area contributed by atoms with Crippen LogP contribution in [0.3, 0.4) is 0 Å². The average molecular weight is 396 g/mol. The van der Waals surface area contributed by atoms with Gasteiger partial charge < -0.3 is 15.3 Å².